The lowest BCUT2D eigenvalue weighted by Gasteiger charge is -2.14. The average Bonchev–Trinajstić information content (AvgIpc) is 2.80. The first-order valence-electron chi connectivity index (χ1n) is 9.80. The van der Waals surface area contributed by atoms with Crippen LogP contribution < -0.4 is 20.7 Å². The van der Waals surface area contributed by atoms with Crippen molar-refractivity contribution in [2.24, 2.45) is 0 Å². The number of hydrogen-bond donors (Lipinski definition) is 0. The van der Waals surface area contributed by atoms with Crippen molar-refractivity contribution in [3.8, 4) is 0 Å². The predicted octanol–water partition coefficient (Wildman–Crippen LogP) is 7.41. The molecule has 4 rings (SSSR count). The summed E-state index contributed by atoms with van der Waals surface area (Å²) >= 11 is 12.9. The third-order valence-corrected chi connectivity index (χ3v) is 11.0. The zero-order chi connectivity index (χ0) is 24.9. The first-order chi connectivity index (χ1) is 16.0. The molecule has 0 nitrogen and oxygen atoms in total. The fraction of sp³-hybridized carbons (Fsp3) is 0. The molecule has 10 heteroatoms. The Labute approximate surface area is 231 Å². The molecule has 0 aromatic heterocycles. The van der Waals surface area contributed by atoms with Crippen molar-refractivity contribution in [3.05, 3.63) is 115 Å². The summed E-state index contributed by atoms with van der Waals surface area (Å²) in [6.45, 7) is 0. The molecule has 0 radical (unpaired) electrons. The van der Waals surface area contributed by atoms with Crippen LogP contribution in [0.3, 0.4) is 0 Å². The zero-order valence-corrected chi connectivity index (χ0v) is 25.6. The molecule has 0 N–H and O–H groups in total. The largest absolute Gasteiger partial charge is 0.487 e. The van der Waals surface area contributed by atoms with Crippen LogP contribution in [0.15, 0.2) is 115 Å². The highest BCUT2D eigenvalue weighted by atomic mass is 79.9. The molecule has 0 aliphatic rings. The Balaban J connectivity index is 0.000000191. The van der Waals surface area contributed by atoms with Gasteiger partial charge in [-0.1, -0.05) is 112 Å². The molecule has 0 unspecified atom stereocenters. The summed E-state index contributed by atoms with van der Waals surface area (Å²) in [6, 6.07) is 25.2. The molecule has 34 heavy (non-hydrogen) atoms. The molecule has 4 aromatic rings. The van der Waals surface area contributed by atoms with Gasteiger partial charge in [0.05, 0.1) is 0 Å². The van der Waals surface area contributed by atoms with Gasteiger partial charge < -0.3 is 0 Å². The van der Waals surface area contributed by atoms with Crippen molar-refractivity contribution in [3.63, 3.8) is 0 Å². The second kappa shape index (κ2) is 11.8. The molecule has 0 amide bonds. The van der Waals surface area contributed by atoms with E-state index in [1.807, 2.05) is 0 Å². The van der Waals surface area contributed by atoms with E-state index in [9.17, 15) is 16.4 Å². The van der Waals surface area contributed by atoms with Crippen molar-refractivity contribution >= 4 is 102 Å². The van der Waals surface area contributed by atoms with Crippen LogP contribution in [0.2, 0.25) is 0 Å². The maximum Gasteiger partial charge on any atom is 0.487 e. The fourth-order valence-corrected chi connectivity index (χ4v) is 7.89. The minimum atomic E-state index is -4.58. The second-order valence-electron chi connectivity index (χ2n) is 7.18. The Morgan fingerprint density at radius 1 is 0.382 bits per heavy atom. The van der Waals surface area contributed by atoms with Crippen molar-refractivity contribution in [1.29, 1.82) is 0 Å². The summed E-state index contributed by atoms with van der Waals surface area (Å²) < 4.78 is 60.2. The molecule has 0 bridgehead atoms. The number of benzene rings is 4. The van der Waals surface area contributed by atoms with E-state index in [0.29, 0.717) is 8.95 Å². The highest BCUT2D eigenvalue weighted by Gasteiger charge is 2.41. The molecule has 0 spiro atoms. The van der Waals surface area contributed by atoms with Crippen LogP contribution in [0.1, 0.15) is 0 Å². The van der Waals surface area contributed by atoms with Crippen LogP contribution in [-0.2, 0) is 0 Å². The van der Waals surface area contributed by atoms with Gasteiger partial charge in [-0.15, -0.1) is 0 Å². The van der Waals surface area contributed by atoms with Gasteiger partial charge in [0.25, 0.3) is 0 Å². The lowest BCUT2D eigenvalue weighted by Crippen LogP contribution is -2.50. The predicted molar refractivity (Wildman–Crippen MR) is 151 cm³/mol. The molecule has 0 aliphatic heterocycles. The zero-order valence-electron chi connectivity index (χ0n) is 17.3. The standard InChI is InChI=1S/2C12H8Br2F2Si/c13-9-1-5-11(6-2-9)17(15,16)12-7-3-10(14)4-8-12;13-9-3-1-5-11(7-9)17(15,16)12-6-2-4-10(14)8-12/h2*1-8H. The molecular weight excluding hydrogens is 740 g/mol. The van der Waals surface area contributed by atoms with Crippen molar-refractivity contribution < 1.29 is 16.4 Å². The van der Waals surface area contributed by atoms with Crippen LogP contribution in [0.25, 0.3) is 0 Å². The molecule has 0 aliphatic carbocycles. The van der Waals surface area contributed by atoms with Gasteiger partial charge in [0.2, 0.25) is 0 Å². The van der Waals surface area contributed by atoms with Crippen LogP contribution in [0, 0.1) is 0 Å². The van der Waals surface area contributed by atoms with Gasteiger partial charge in [0.1, 0.15) is 0 Å². The third kappa shape index (κ3) is 7.01. The highest BCUT2D eigenvalue weighted by molar-refractivity contribution is 9.11. The van der Waals surface area contributed by atoms with Gasteiger partial charge >= 0.3 is 17.5 Å². The normalized spacial score (nSPS) is 11.5. The topological polar surface area (TPSA) is 0 Å². The highest BCUT2D eigenvalue weighted by Crippen LogP contribution is 2.16. The quantitative estimate of drug-likeness (QED) is 0.116. The van der Waals surface area contributed by atoms with Crippen LogP contribution >= 0.6 is 63.7 Å². The minimum absolute atomic E-state index is 0.116. The van der Waals surface area contributed by atoms with Gasteiger partial charge in [-0.25, -0.2) is 0 Å². The van der Waals surface area contributed by atoms with Gasteiger partial charge in [-0.2, -0.15) is 0 Å². The van der Waals surface area contributed by atoms with Crippen molar-refractivity contribution in [1.82, 2.24) is 0 Å². The molecule has 0 heterocycles. The van der Waals surface area contributed by atoms with E-state index in [0.717, 1.165) is 8.95 Å². The van der Waals surface area contributed by atoms with E-state index in [-0.39, 0.29) is 20.7 Å². The molecule has 0 atom stereocenters. The molecular formula is C24H16Br4F4Si2. The van der Waals surface area contributed by atoms with Crippen LogP contribution in [0.4, 0.5) is 16.4 Å². The summed E-state index contributed by atoms with van der Waals surface area (Å²) in [4.78, 5) is 0. The number of halogens is 8. The second-order valence-corrected chi connectivity index (χ2v) is 15.5. The lowest BCUT2D eigenvalue weighted by molar-refractivity contribution is 0.653. The average molecular weight is 756 g/mol. The van der Waals surface area contributed by atoms with Crippen LogP contribution in [-0.4, -0.2) is 17.5 Å². The Kier molecular flexibility index (Phi) is 9.55. The first-order valence-corrected chi connectivity index (χ1v) is 16.5. The van der Waals surface area contributed by atoms with Crippen molar-refractivity contribution in [2.45, 2.75) is 0 Å². The smallest absolute Gasteiger partial charge is 0.260 e. The Morgan fingerprint density at radius 2 is 0.706 bits per heavy atom. The summed E-state index contributed by atoms with van der Waals surface area (Å²) in [7, 11) is -9.12. The molecule has 176 valence electrons. The maximum absolute atomic E-state index is 14.3. The molecule has 0 saturated carbocycles. The Bertz CT molecular complexity index is 1160. The fourth-order valence-electron chi connectivity index (χ4n) is 3.02. The third-order valence-electron chi connectivity index (χ3n) is 4.79. The first kappa shape index (κ1) is 27.5. The van der Waals surface area contributed by atoms with E-state index in [1.165, 1.54) is 48.5 Å². The Hall–Kier alpha value is -1.05. The summed E-state index contributed by atoms with van der Waals surface area (Å²) in [5.41, 5.74) is 0. The van der Waals surface area contributed by atoms with Gasteiger partial charge in [-0.05, 0) is 48.5 Å². The van der Waals surface area contributed by atoms with Gasteiger partial charge in [0, 0.05) is 38.6 Å². The van der Waals surface area contributed by atoms with Crippen LogP contribution in [0.5, 0.6) is 0 Å². The monoisotopic (exact) mass is 752 g/mol. The summed E-state index contributed by atoms with van der Waals surface area (Å²) in [5, 5.41) is 0.487. The Morgan fingerprint density at radius 3 is 1.03 bits per heavy atom. The molecule has 0 saturated heterocycles. The summed E-state index contributed by atoms with van der Waals surface area (Å²) in [6.07, 6.45) is 0. The molecule has 4 aromatic carbocycles. The number of hydrogen-bond acceptors (Lipinski definition) is 0. The lowest BCUT2D eigenvalue weighted by atomic mass is 10.4. The SMILES string of the molecule is F[Si](F)(c1ccc(Br)cc1)c1ccc(Br)cc1.F[Si](F)(c1cccc(Br)c1)c1cccc(Br)c1. The summed E-state index contributed by atoms with van der Waals surface area (Å²) in [5.74, 6) is 0. The van der Waals surface area contributed by atoms with E-state index in [4.69, 9.17) is 0 Å². The number of rotatable bonds is 4. The van der Waals surface area contributed by atoms with E-state index in [1.54, 1.807) is 48.5 Å². The van der Waals surface area contributed by atoms with E-state index < -0.39 is 17.5 Å². The molecule has 0 fully saturated rings. The van der Waals surface area contributed by atoms with E-state index in [2.05, 4.69) is 63.7 Å². The van der Waals surface area contributed by atoms with Gasteiger partial charge in [0.15, 0.2) is 0 Å². The van der Waals surface area contributed by atoms with E-state index >= 15 is 0 Å². The van der Waals surface area contributed by atoms with Gasteiger partial charge in [-0.3, -0.25) is 16.4 Å². The maximum atomic E-state index is 14.3. The van der Waals surface area contributed by atoms with Crippen molar-refractivity contribution in [2.75, 3.05) is 0 Å². The minimum Gasteiger partial charge on any atom is -0.260 e.